The molecule has 1 aromatic rings. The first-order valence-electron chi connectivity index (χ1n) is 7.21. The van der Waals surface area contributed by atoms with Gasteiger partial charge in [0.05, 0.1) is 10.5 Å². The van der Waals surface area contributed by atoms with Gasteiger partial charge in [0, 0.05) is 25.6 Å². The van der Waals surface area contributed by atoms with Gasteiger partial charge in [0.2, 0.25) is 5.91 Å². The van der Waals surface area contributed by atoms with Crippen molar-refractivity contribution in [3.05, 3.63) is 33.9 Å². The average molecular weight is 348 g/mol. The third kappa shape index (κ3) is 6.03. The zero-order valence-electron chi connectivity index (χ0n) is 13.0. The minimum Gasteiger partial charge on any atom is -0.379 e. The predicted octanol–water partition coefficient (Wildman–Crippen LogP) is 2.13. The summed E-state index contributed by atoms with van der Waals surface area (Å²) in [5.74, 6) is -0.157. The lowest BCUT2D eigenvalue weighted by atomic mass is 10.1. The molecule has 0 aliphatic rings. The molecule has 0 spiro atoms. The zero-order chi connectivity index (χ0) is 18.3. The Balaban J connectivity index is 2.65. The van der Waals surface area contributed by atoms with E-state index in [2.05, 4.69) is 10.6 Å². The SMILES string of the molecule is CC(CN)CNC(=O)CCNc1ccc(C(F)(F)F)cc1[N+](=O)[O-]. The molecule has 0 saturated heterocycles. The monoisotopic (exact) mass is 348 g/mol. The molecule has 4 N–H and O–H groups in total. The van der Waals surface area contributed by atoms with Gasteiger partial charge in [-0.25, -0.2) is 0 Å². The Hall–Kier alpha value is -2.36. The van der Waals surface area contributed by atoms with Gasteiger partial charge in [-0.05, 0) is 24.6 Å². The number of carbonyl (C=O) groups is 1. The van der Waals surface area contributed by atoms with E-state index in [0.29, 0.717) is 19.2 Å². The number of hydrogen-bond acceptors (Lipinski definition) is 5. The lowest BCUT2D eigenvalue weighted by Gasteiger charge is -2.12. The fourth-order valence-corrected chi connectivity index (χ4v) is 1.78. The van der Waals surface area contributed by atoms with Crippen molar-refractivity contribution in [3.8, 4) is 0 Å². The quantitative estimate of drug-likeness (QED) is 0.492. The first-order valence-corrected chi connectivity index (χ1v) is 7.21. The van der Waals surface area contributed by atoms with Gasteiger partial charge < -0.3 is 16.4 Å². The van der Waals surface area contributed by atoms with E-state index in [-0.39, 0.29) is 30.5 Å². The van der Waals surface area contributed by atoms with E-state index in [9.17, 15) is 28.1 Å². The number of nitrogens with one attached hydrogen (secondary N) is 2. The second kappa shape index (κ2) is 8.48. The molecule has 0 heterocycles. The van der Waals surface area contributed by atoms with Crippen LogP contribution in [0.2, 0.25) is 0 Å². The van der Waals surface area contributed by atoms with E-state index in [1.165, 1.54) is 0 Å². The van der Waals surface area contributed by atoms with Crippen LogP contribution in [-0.2, 0) is 11.0 Å². The Morgan fingerprint density at radius 2 is 2.08 bits per heavy atom. The Labute approximate surface area is 136 Å². The fourth-order valence-electron chi connectivity index (χ4n) is 1.78. The molecule has 0 radical (unpaired) electrons. The summed E-state index contributed by atoms with van der Waals surface area (Å²) in [6.45, 7) is 2.76. The van der Waals surface area contributed by atoms with Crippen molar-refractivity contribution < 1.29 is 22.9 Å². The van der Waals surface area contributed by atoms with Crippen molar-refractivity contribution in [2.45, 2.75) is 19.5 Å². The Morgan fingerprint density at radius 1 is 1.42 bits per heavy atom. The van der Waals surface area contributed by atoms with Crippen LogP contribution < -0.4 is 16.4 Å². The molecule has 0 aliphatic heterocycles. The van der Waals surface area contributed by atoms with Crippen LogP contribution in [0.5, 0.6) is 0 Å². The van der Waals surface area contributed by atoms with Crippen LogP contribution in [0, 0.1) is 16.0 Å². The van der Waals surface area contributed by atoms with Gasteiger partial charge in [-0.2, -0.15) is 13.2 Å². The van der Waals surface area contributed by atoms with Gasteiger partial charge in [0.1, 0.15) is 5.69 Å². The first-order chi connectivity index (χ1) is 11.1. The number of nitro benzene ring substituents is 1. The number of hydrogen-bond donors (Lipinski definition) is 3. The molecule has 1 atom stereocenters. The second-order valence-corrected chi connectivity index (χ2v) is 5.31. The summed E-state index contributed by atoms with van der Waals surface area (Å²) in [5, 5.41) is 16.2. The molecule has 1 unspecified atom stereocenters. The summed E-state index contributed by atoms with van der Waals surface area (Å²) < 4.78 is 37.8. The Kier molecular flexibility index (Phi) is 6.96. The number of carbonyl (C=O) groups excluding carboxylic acids is 1. The third-order valence-electron chi connectivity index (χ3n) is 3.24. The van der Waals surface area contributed by atoms with Crippen LogP contribution in [0.15, 0.2) is 18.2 Å². The first kappa shape index (κ1) is 19.7. The van der Waals surface area contributed by atoms with Crippen molar-refractivity contribution in [3.63, 3.8) is 0 Å². The average Bonchev–Trinajstić information content (AvgIpc) is 2.51. The van der Waals surface area contributed by atoms with Gasteiger partial charge >= 0.3 is 6.18 Å². The largest absolute Gasteiger partial charge is 0.416 e. The molecule has 134 valence electrons. The number of anilines is 1. The lowest BCUT2D eigenvalue weighted by Crippen LogP contribution is -2.32. The minimum atomic E-state index is -4.66. The summed E-state index contributed by atoms with van der Waals surface area (Å²) in [6.07, 6.45) is -4.64. The van der Waals surface area contributed by atoms with Crippen molar-refractivity contribution in [1.29, 1.82) is 0 Å². The molecule has 1 amide bonds. The number of nitro groups is 1. The second-order valence-electron chi connectivity index (χ2n) is 5.31. The highest BCUT2D eigenvalue weighted by Crippen LogP contribution is 2.34. The van der Waals surface area contributed by atoms with E-state index in [1.807, 2.05) is 6.92 Å². The van der Waals surface area contributed by atoms with Crippen LogP contribution in [0.25, 0.3) is 0 Å². The molecule has 1 aromatic carbocycles. The number of nitrogens with zero attached hydrogens (tertiary/aromatic N) is 1. The standard InChI is InChI=1S/C14H19F3N4O3/c1-9(7-18)8-20-13(22)4-5-19-11-3-2-10(14(15,16)17)6-12(11)21(23)24/h2-3,6,9,19H,4-5,7-8,18H2,1H3,(H,20,22). The van der Waals surface area contributed by atoms with E-state index in [0.717, 1.165) is 12.1 Å². The van der Waals surface area contributed by atoms with Crippen LogP contribution in [-0.4, -0.2) is 30.5 Å². The van der Waals surface area contributed by atoms with Gasteiger partial charge in [-0.1, -0.05) is 6.92 Å². The molecular formula is C14H19F3N4O3. The van der Waals surface area contributed by atoms with Crippen LogP contribution >= 0.6 is 0 Å². The number of nitrogens with two attached hydrogens (primary N) is 1. The molecule has 0 aliphatic carbocycles. The summed E-state index contributed by atoms with van der Waals surface area (Å²) in [7, 11) is 0. The minimum absolute atomic E-state index is 0.0233. The molecule has 1 rings (SSSR count). The van der Waals surface area contributed by atoms with Crippen LogP contribution in [0.3, 0.4) is 0 Å². The van der Waals surface area contributed by atoms with Gasteiger partial charge in [0.25, 0.3) is 5.69 Å². The number of amides is 1. The Morgan fingerprint density at radius 3 is 2.62 bits per heavy atom. The maximum absolute atomic E-state index is 12.6. The highest BCUT2D eigenvalue weighted by molar-refractivity contribution is 5.76. The summed E-state index contributed by atoms with van der Waals surface area (Å²) in [5.41, 5.74) is 3.55. The topological polar surface area (TPSA) is 110 Å². The normalized spacial score (nSPS) is 12.5. The van der Waals surface area contributed by atoms with E-state index < -0.39 is 22.4 Å². The summed E-state index contributed by atoms with van der Waals surface area (Å²) >= 11 is 0. The molecule has 0 aromatic heterocycles. The number of rotatable bonds is 8. The number of alkyl halides is 3. The van der Waals surface area contributed by atoms with Crippen molar-refractivity contribution in [1.82, 2.24) is 5.32 Å². The Bertz CT molecular complexity index is 593. The zero-order valence-corrected chi connectivity index (χ0v) is 13.0. The highest BCUT2D eigenvalue weighted by Gasteiger charge is 2.33. The van der Waals surface area contributed by atoms with Crippen molar-refractivity contribution in [2.75, 3.05) is 25.0 Å². The molecule has 0 fully saturated rings. The highest BCUT2D eigenvalue weighted by atomic mass is 19.4. The molecule has 0 saturated carbocycles. The lowest BCUT2D eigenvalue weighted by molar-refractivity contribution is -0.384. The third-order valence-corrected chi connectivity index (χ3v) is 3.24. The van der Waals surface area contributed by atoms with Crippen LogP contribution in [0.4, 0.5) is 24.5 Å². The maximum Gasteiger partial charge on any atom is 0.416 e. The summed E-state index contributed by atoms with van der Waals surface area (Å²) in [4.78, 5) is 21.6. The number of benzene rings is 1. The smallest absolute Gasteiger partial charge is 0.379 e. The summed E-state index contributed by atoms with van der Waals surface area (Å²) in [6, 6.07) is 2.19. The van der Waals surface area contributed by atoms with E-state index in [1.54, 1.807) is 0 Å². The number of halogens is 3. The van der Waals surface area contributed by atoms with E-state index in [4.69, 9.17) is 5.73 Å². The molecule has 0 bridgehead atoms. The van der Waals surface area contributed by atoms with Crippen LogP contribution in [0.1, 0.15) is 18.9 Å². The fraction of sp³-hybridized carbons (Fsp3) is 0.500. The molecule has 7 nitrogen and oxygen atoms in total. The molecular weight excluding hydrogens is 329 g/mol. The van der Waals surface area contributed by atoms with Crippen molar-refractivity contribution in [2.24, 2.45) is 11.7 Å². The van der Waals surface area contributed by atoms with Gasteiger partial charge in [-0.3, -0.25) is 14.9 Å². The molecule has 10 heteroatoms. The van der Waals surface area contributed by atoms with Gasteiger partial charge in [0.15, 0.2) is 0 Å². The maximum atomic E-state index is 12.6. The molecule has 24 heavy (non-hydrogen) atoms. The predicted molar refractivity (Wildman–Crippen MR) is 82.4 cm³/mol. The van der Waals surface area contributed by atoms with Crippen molar-refractivity contribution >= 4 is 17.3 Å². The van der Waals surface area contributed by atoms with E-state index >= 15 is 0 Å². The van der Waals surface area contributed by atoms with Gasteiger partial charge in [-0.15, -0.1) is 0 Å².